The molecule has 1 amide bonds. The van der Waals surface area contributed by atoms with Crippen LogP contribution in [0, 0.1) is 0 Å². The lowest BCUT2D eigenvalue weighted by molar-refractivity contribution is -0.141. The summed E-state index contributed by atoms with van der Waals surface area (Å²) in [4.78, 5) is 28.5. The van der Waals surface area contributed by atoms with Gasteiger partial charge in [-0.3, -0.25) is 9.59 Å². The van der Waals surface area contributed by atoms with Gasteiger partial charge in [-0.1, -0.05) is 6.07 Å². The fourth-order valence-corrected chi connectivity index (χ4v) is 2.51. The van der Waals surface area contributed by atoms with Crippen LogP contribution in [0.2, 0.25) is 0 Å². The Balaban J connectivity index is 2.12. The van der Waals surface area contributed by atoms with Crippen molar-refractivity contribution < 1.29 is 14.3 Å². The molecule has 7 heteroatoms. The third-order valence-electron chi connectivity index (χ3n) is 2.81. The van der Waals surface area contributed by atoms with Gasteiger partial charge < -0.3 is 15.8 Å². The van der Waals surface area contributed by atoms with E-state index in [-0.39, 0.29) is 24.0 Å². The van der Waals surface area contributed by atoms with E-state index < -0.39 is 6.04 Å². The first-order valence-electron chi connectivity index (χ1n) is 6.22. The lowest BCUT2D eigenvalue weighted by Crippen LogP contribution is -2.30. The number of amides is 1. The Bertz CT molecular complexity index is 611. The van der Waals surface area contributed by atoms with Crippen LogP contribution in [0.25, 0.3) is 0 Å². The second-order valence-electron chi connectivity index (χ2n) is 4.30. The van der Waals surface area contributed by atoms with Gasteiger partial charge in [0.1, 0.15) is 5.69 Å². The number of esters is 1. The zero-order chi connectivity index (χ0) is 15.2. The van der Waals surface area contributed by atoms with Crippen LogP contribution in [0.1, 0.15) is 27.8 Å². The van der Waals surface area contributed by atoms with E-state index in [1.807, 2.05) is 17.5 Å². The zero-order valence-corrected chi connectivity index (χ0v) is 12.2. The van der Waals surface area contributed by atoms with Crippen LogP contribution in [0.4, 0.5) is 5.69 Å². The number of rotatable bonds is 5. The molecule has 0 saturated carbocycles. The van der Waals surface area contributed by atoms with Gasteiger partial charge in [-0.25, -0.2) is 4.98 Å². The third kappa shape index (κ3) is 4.03. The molecule has 0 aliphatic heterocycles. The van der Waals surface area contributed by atoms with Crippen molar-refractivity contribution >= 4 is 28.9 Å². The van der Waals surface area contributed by atoms with Crippen LogP contribution in [-0.2, 0) is 9.53 Å². The maximum Gasteiger partial charge on any atom is 0.307 e. The summed E-state index contributed by atoms with van der Waals surface area (Å²) in [6.07, 6.45) is 1.48. The molecule has 1 atom stereocenters. The first-order chi connectivity index (χ1) is 10.1. The van der Waals surface area contributed by atoms with E-state index in [2.05, 4.69) is 15.0 Å². The van der Waals surface area contributed by atoms with E-state index in [9.17, 15) is 9.59 Å². The highest BCUT2D eigenvalue weighted by atomic mass is 32.1. The second kappa shape index (κ2) is 6.85. The lowest BCUT2D eigenvalue weighted by Gasteiger charge is -2.16. The number of pyridine rings is 1. The van der Waals surface area contributed by atoms with Crippen molar-refractivity contribution in [3.63, 3.8) is 0 Å². The molecule has 0 bridgehead atoms. The van der Waals surface area contributed by atoms with Crippen LogP contribution in [0.5, 0.6) is 0 Å². The Morgan fingerprint density at radius 3 is 2.81 bits per heavy atom. The second-order valence-corrected chi connectivity index (χ2v) is 5.28. The molecule has 0 aliphatic rings. The highest BCUT2D eigenvalue weighted by Crippen LogP contribution is 2.22. The van der Waals surface area contributed by atoms with Gasteiger partial charge in [-0.05, 0) is 23.6 Å². The zero-order valence-electron chi connectivity index (χ0n) is 11.4. The van der Waals surface area contributed by atoms with Crippen LogP contribution in [0.15, 0.2) is 35.8 Å². The number of carbonyl (C=O) groups is 2. The SMILES string of the molecule is COC(=O)CC(NC(=O)c1ccc(N)cn1)c1cccs1. The topological polar surface area (TPSA) is 94.3 Å². The molecule has 21 heavy (non-hydrogen) atoms. The van der Waals surface area contributed by atoms with Gasteiger partial charge in [-0.15, -0.1) is 11.3 Å². The number of thiophene rings is 1. The van der Waals surface area contributed by atoms with Gasteiger partial charge in [0.05, 0.1) is 31.5 Å². The summed E-state index contributed by atoms with van der Waals surface area (Å²) in [7, 11) is 1.32. The molecule has 0 fully saturated rings. The summed E-state index contributed by atoms with van der Waals surface area (Å²) in [6, 6.07) is 6.41. The van der Waals surface area contributed by atoms with Crippen molar-refractivity contribution in [3.05, 3.63) is 46.4 Å². The van der Waals surface area contributed by atoms with Gasteiger partial charge in [0.15, 0.2) is 0 Å². The summed E-state index contributed by atoms with van der Waals surface area (Å²) in [5, 5.41) is 4.67. The number of anilines is 1. The number of methoxy groups -OCH3 is 1. The molecule has 1 unspecified atom stereocenters. The quantitative estimate of drug-likeness (QED) is 0.821. The van der Waals surface area contributed by atoms with Crippen molar-refractivity contribution in [1.82, 2.24) is 10.3 Å². The predicted molar refractivity (Wildman–Crippen MR) is 79.8 cm³/mol. The summed E-state index contributed by atoms with van der Waals surface area (Å²) in [6.45, 7) is 0. The molecular weight excluding hydrogens is 290 g/mol. The van der Waals surface area contributed by atoms with Gasteiger partial charge >= 0.3 is 5.97 Å². The Kier molecular flexibility index (Phi) is 4.89. The average Bonchev–Trinajstić information content (AvgIpc) is 3.01. The molecule has 2 aromatic rings. The highest BCUT2D eigenvalue weighted by Gasteiger charge is 2.21. The third-order valence-corrected chi connectivity index (χ3v) is 3.80. The molecule has 2 rings (SSSR count). The average molecular weight is 305 g/mol. The summed E-state index contributed by atoms with van der Waals surface area (Å²) in [5.41, 5.74) is 6.26. The summed E-state index contributed by atoms with van der Waals surface area (Å²) < 4.78 is 4.66. The molecule has 2 heterocycles. The minimum atomic E-state index is -0.440. The van der Waals surface area contributed by atoms with Gasteiger partial charge in [0.25, 0.3) is 5.91 Å². The Morgan fingerprint density at radius 1 is 1.43 bits per heavy atom. The van der Waals surface area contributed by atoms with Gasteiger partial charge in [0, 0.05) is 4.88 Å². The number of carbonyl (C=O) groups excluding carboxylic acids is 2. The molecule has 0 aromatic carbocycles. The minimum absolute atomic E-state index is 0.0672. The van der Waals surface area contributed by atoms with Gasteiger partial charge in [-0.2, -0.15) is 0 Å². The number of nitrogens with two attached hydrogens (primary N) is 1. The van der Waals surface area contributed by atoms with E-state index in [1.165, 1.54) is 30.7 Å². The number of nitrogens with one attached hydrogen (secondary N) is 1. The normalized spacial score (nSPS) is 11.7. The number of ether oxygens (including phenoxy) is 1. The maximum absolute atomic E-state index is 12.2. The van der Waals surface area contributed by atoms with E-state index in [1.54, 1.807) is 6.07 Å². The Hall–Kier alpha value is -2.41. The molecule has 0 radical (unpaired) electrons. The van der Waals surface area contributed by atoms with Crippen molar-refractivity contribution in [2.75, 3.05) is 12.8 Å². The molecule has 3 N–H and O–H groups in total. The minimum Gasteiger partial charge on any atom is -0.469 e. The molecule has 6 nitrogen and oxygen atoms in total. The Morgan fingerprint density at radius 2 is 2.24 bits per heavy atom. The van der Waals surface area contributed by atoms with E-state index in [4.69, 9.17) is 5.73 Å². The van der Waals surface area contributed by atoms with Crippen molar-refractivity contribution in [2.45, 2.75) is 12.5 Å². The lowest BCUT2D eigenvalue weighted by atomic mass is 10.1. The fourth-order valence-electron chi connectivity index (χ4n) is 1.73. The first kappa shape index (κ1) is 15.0. The number of hydrogen-bond acceptors (Lipinski definition) is 6. The Labute approximate surface area is 125 Å². The summed E-state index contributed by atoms with van der Waals surface area (Å²) >= 11 is 1.46. The molecule has 2 aromatic heterocycles. The molecule has 0 spiro atoms. The fraction of sp³-hybridized carbons (Fsp3) is 0.214. The van der Waals surface area contributed by atoms with Gasteiger partial charge in [0.2, 0.25) is 0 Å². The highest BCUT2D eigenvalue weighted by molar-refractivity contribution is 7.10. The molecule has 110 valence electrons. The number of nitrogens with zero attached hydrogens (tertiary/aromatic N) is 1. The molecule has 0 aliphatic carbocycles. The van der Waals surface area contributed by atoms with Crippen molar-refractivity contribution in [1.29, 1.82) is 0 Å². The van der Waals surface area contributed by atoms with E-state index in [0.717, 1.165) is 4.88 Å². The van der Waals surface area contributed by atoms with Crippen LogP contribution in [0.3, 0.4) is 0 Å². The monoisotopic (exact) mass is 305 g/mol. The maximum atomic E-state index is 12.2. The van der Waals surface area contributed by atoms with Crippen molar-refractivity contribution in [3.8, 4) is 0 Å². The summed E-state index contributed by atoms with van der Waals surface area (Å²) in [5.74, 6) is -0.753. The number of nitrogen functional groups attached to an aromatic ring is 1. The molecular formula is C14H15N3O3S. The standard InChI is InChI=1S/C14H15N3O3S/c1-20-13(18)7-11(12-3-2-6-21-12)17-14(19)10-5-4-9(15)8-16-10/h2-6,8,11H,7,15H2,1H3,(H,17,19). The number of hydrogen-bond donors (Lipinski definition) is 2. The van der Waals surface area contributed by atoms with Crippen LogP contribution >= 0.6 is 11.3 Å². The smallest absolute Gasteiger partial charge is 0.307 e. The first-order valence-corrected chi connectivity index (χ1v) is 7.10. The largest absolute Gasteiger partial charge is 0.469 e. The van der Waals surface area contributed by atoms with Crippen molar-refractivity contribution in [2.24, 2.45) is 0 Å². The van der Waals surface area contributed by atoms with E-state index in [0.29, 0.717) is 5.69 Å². The van der Waals surface area contributed by atoms with E-state index >= 15 is 0 Å². The predicted octanol–water partition coefficient (Wildman–Crippen LogP) is 1.76. The molecule has 0 saturated heterocycles. The number of aromatic nitrogens is 1. The van der Waals surface area contributed by atoms with Crippen LogP contribution < -0.4 is 11.1 Å². The van der Waals surface area contributed by atoms with Crippen LogP contribution in [-0.4, -0.2) is 24.0 Å².